The maximum atomic E-state index is 13.3. The standard InChI is InChI=1S/C21H24BrN3O2S2/c1-14-12-15(2)19-16(13-14)23-21(29-19)25(20(26)17-4-5-18(22)28-17)7-3-6-24-8-10-27-11-9-24/h4-5,12-13H,3,6-11H2,1-2H3. The summed E-state index contributed by atoms with van der Waals surface area (Å²) >= 11 is 6.55. The molecule has 0 radical (unpaired) electrons. The van der Waals surface area contributed by atoms with Crippen LogP contribution in [0.15, 0.2) is 28.1 Å². The van der Waals surface area contributed by atoms with Crippen molar-refractivity contribution in [1.82, 2.24) is 9.88 Å². The summed E-state index contributed by atoms with van der Waals surface area (Å²) in [6.45, 7) is 9.33. The average molecular weight is 494 g/mol. The summed E-state index contributed by atoms with van der Waals surface area (Å²) in [5, 5.41) is 0.783. The molecule has 1 aliphatic heterocycles. The van der Waals surface area contributed by atoms with Crippen LogP contribution in [0.1, 0.15) is 27.2 Å². The van der Waals surface area contributed by atoms with E-state index in [0.29, 0.717) is 6.54 Å². The summed E-state index contributed by atoms with van der Waals surface area (Å²) < 4.78 is 7.55. The van der Waals surface area contributed by atoms with E-state index < -0.39 is 0 Å². The highest BCUT2D eigenvalue weighted by molar-refractivity contribution is 9.11. The zero-order valence-corrected chi connectivity index (χ0v) is 19.8. The van der Waals surface area contributed by atoms with Crippen LogP contribution in [0, 0.1) is 13.8 Å². The van der Waals surface area contributed by atoms with Crippen molar-refractivity contribution in [3.8, 4) is 0 Å². The number of rotatable bonds is 6. The number of fused-ring (bicyclic) bond motifs is 1. The van der Waals surface area contributed by atoms with Crippen LogP contribution in [0.4, 0.5) is 5.13 Å². The minimum Gasteiger partial charge on any atom is -0.379 e. The summed E-state index contributed by atoms with van der Waals surface area (Å²) in [5.74, 6) is 0.0242. The summed E-state index contributed by atoms with van der Waals surface area (Å²) in [6, 6.07) is 8.08. The summed E-state index contributed by atoms with van der Waals surface area (Å²) in [6.07, 6.45) is 0.909. The Balaban J connectivity index is 1.58. The molecule has 8 heteroatoms. The van der Waals surface area contributed by atoms with Crippen molar-refractivity contribution in [1.29, 1.82) is 0 Å². The molecule has 1 fully saturated rings. The number of carbonyl (C=O) groups excluding carboxylic acids is 1. The van der Waals surface area contributed by atoms with Gasteiger partial charge in [0, 0.05) is 26.2 Å². The Morgan fingerprint density at radius 3 is 2.76 bits per heavy atom. The van der Waals surface area contributed by atoms with Gasteiger partial charge < -0.3 is 4.74 Å². The highest BCUT2D eigenvalue weighted by Crippen LogP contribution is 2.34. The van der Waals surface area contributed by atoms with E-state index in [0.717, 1.165) is 63.3 Å². The molecule has 0 bridgehead atoms. The molecule has 0 N–H and O–H groups in total. The summed E-state index contributed by atoms with van der Waals surface area (Å²) in [5.41, 5.74) is 3.38. The van der Waals surface area contributed by atoms with E-state index in [1.165, 1.54) is 22.5 Å². The Morgan fingerprint density at radius 1 is 1.24 bits per heavy atom. The first-order valence-corrected chi connectivity index (χ1v) is 12.2. The topological polar surface area (TPSA) is 45.7 Å². The van der Waals surface area contributed by atoms with Gasteiger partial charge in [-0.1, -0.05) is 17.4 Å². The monoisotopic (exact) mass is 493 g/mol. The first-order valence-electron chi connectivity index (χ1n) is 9.76. The fourth-order valence-electron chi connectivity index (χ4n) is 3.60. The first kappa shape index (κ1) is 20.9. The second kappa shape index (κ2) is 9.22. The number of aromatic nitrogens is 1. The molecule has 1 aliphatic rings. The van der Waals surface area contributed by atoms with Crippen molar-refractivity contribution in [2.75, 3.05) is 44.3 Å². The minimum atomic E-state index is 0.0242. The number of ether oxygens (including phenoxy) is 1. The van der Waals surface area contributed by atoms with E-state index in [1.807, 2.05) is 17.0 Å². The molecule has 1 amide bonds. The number of morpholine rings is 1. The lowest BCUT2D eigenvalue weighted by molar-refractivity contribution is 0.0376. The fraction of sp³-hybridized carbons (Fsp3) is 0.429. The van der Waals surface area contributed by atoms with Gasteiger partial charge in [0.1, 0.15) is 0 Å². The molecule has 2 aromatic heterocycles. The number of benzene rings is 1. The lowest BCUT2D eigenvalue weighted by atomic mass is 10.1. The number of carbonyl (C=O) groups is 1. The molecule has 0 saturated carbocycles. The van der Waals surface area contributed by atoms with Gasteiger partial charge in [0.05, 0.1) is 32.1 Å². The van der Waals surface area contributed by atoms with E-state index >= 15 is 0 Å². The molecule has 3 aromatic rings. The Bertz CT molecular complexity index is 1010. The average Bonchev–Trinajstić information content (AvgIpc) is 3.32. The van der Waals surface area contributed by atoms with E-state index in [9.17, 15) is 4.79 Å². The quantitative estimate of drug-likeness (QED) is 0.478. The molecule has 0 aliphatic carbocycles. The molecule has 4 rings (SSSR count). The highest BCUT2D eigenvalue weighted by atomic mass is 79.9. The van der Waals surface area contributed by atoms with Crippen molar-refractivity contribution < 1.29 is 9.53 Å². The number of amides is 1. The molecule has 5 nitrogen and oxygen atoms in total. The number of nitrogens with zero attached hydrogens (tertiary/aromatic N) is 3. The van der Waals surface area contributed by atoms with Gasteiger partial charge in [0.15, 0.2) is 5.13 Å². The van der Waals surface area contributed by atoms with Crippen LogP contribution >= 0.6 is 38.6 Å². The SMILES string of the molecule is Cc1cc(C)c2sc(N(CCCN3CCOCC3)C(=O)c3ccc(Br)s3)nc2c1. The number of halogens is 1. The number of thiazole rings is 1. The van der Waals surface area contributed by atoms with Crippen molar-refractivity contribution >= 4 is 59.9 Å². The number of anilines is 1. The number of hydrogen-bond acceptors (Lipinski definition) is 6. The first-order chi connectivity index (χ1) is 14.0. The van der Waals surface area contributed by atoms with Crippen molar-refractivity contribution in [2.45, 2.75) is 20.3 Å². The molecule has 1 saturated heterocycles. The van der Waals surface area contributed by atoms with Gasteiger partial charge in [0.25, 0.3) is 5.91 Å². The van der Waals surface area contributed by atoms with Crippen LogP contribution < -0.4 is 4.90 Å². The number of hydrogen-bond donors (Lipinski definition) is 0. The van der Waals surface area contributed by atoms with Crippen LogP contribution in [0.2, 0.25) is 0 Å². The summed E-state index contributed by atoms with van der Waals surface area (Å²) in [7, 11) is 0. The predicted molar refractivity (Wildman–Crippen MR) is 125 cm³/mol. The Kier molecular flexibility index (Phi) is 6.66. The van der Waals surface area contributed by atoms with Crippen molar-refractivity contribution in [2.24, 2.45) is 0 Å². The van der Waals surface area contributed by atoms with Crippen LogP contribution in [0.25, 0.3) is 10.2 Å². The van der Waals surface area contributed by atoms with Crippen LogP contribution in [0.3, 0.4) is 0 Å². The van der Waals surface area contributed by atoms with Crippen LogP contribution in [-0.4, -0.2) is 55.2 Å². The zero-order valence-electron chi connectivity index (χ0n) is 16.6. The van der Waals surface area contributed by atoms with Crippen molar-refractivity contribution in [3.05, 3.63) is 44.1 Å². The van der Waals surface area contributed by atoms with E-state index in [2.05, 4.69) is 46.8 Å². The molecule has 0 atom stereocenters. The largest absolute Gasteiger partial charge is 0.379 e. The molecule has 154 valence electrons. The van der Waals surface area contributed by atoms with Crippen LogP contribution in [0.5, 0.6) is 0 Å². The molecule has 29 heavy (non-hydrogen) atoms. The van der Waals surface area contributed by atoms with Gasteiger partial charge in [-0.05, 0) is 65.5 Å². The third kappa shape index (κ3) is 4.88. The molecule has 1 aromatic carbocycles. The smallest absolute Gasteiger partial charge is 0.270 e. The maximum Gasteiger partial charge on any atom is 0.270 e. The minimum absolute atomic E-state index is 0.0242. The third-order valence-corrected chi connectivity index (χ3v) is 7.87. The lowest BCUT2D eigenvalue weighted by Crippen LogP contribution is -2.39. The Hall–Kier alpha value is -1.32. The fourth-order valence-corrected chi connectivity index (χ4v) is 5.98. The predicted octanol–water partition coefficient (Wildman–Crippen LogP) is 5.11. The van der Waals surface area contributed by atoms with Crippen LogP contribution in [-0.2, 0) is 4.74 Å². The summed E-state index contributed by atoms with van der Waals surface area (Å²) in [4.78, 5) is 23.1. The van der Waals surface area contributed by atoms with Gasteiger partial charge in [0.2, 0.25) is 0 Å². The zero-order chi connectivity index (χ0) is 20.4. The lowest BCUT2D eigenvalue weighted by Gasteiger charge is -2.27. The maximum absolute atomic E-state index is 13.3. The number of aryl methyl sites for hydroxylation is 2. The van der Waals surface area contributed by atoms with Crippen molar-refractivity contribution in [3.63, 3.8) is 0 Å². The molecule has 0 unspecified atom stereocenters. The van der Waals surface area contributed by atoms with Gasteiger partial charge in [-0.15, -0.1) is 11.3 Å². The second-order valence-electron chi connectivity index (χ2n) is 7.29. The molecular weight excluding hydrogens is 470 g/mol. The van der Waals surface area contributed by atoms with E-state index in [4.69, 9.17) is 9.72 Å². The van der Waals surface area contributed by atoms with Gasteiger partial charge in [-0.3, -0.25) is 14.6 Å². The van der Waals surface area contributed by atoms with Gasteiger partial charge in [-0.25, -0.2) is 4.98 Å². The second-order valence-corrected chi connectivity index (χ2v) is 10.7. The molecular formula is C21H24BrN3O2S2. The van der Waals surface area contributed by atoms with Gasteiger partial charge >= 0.3 is 0 Å². The normalized spacial score (nSPS) is 15.1. The Morgan fingerprint density at radius 2 is 2.03 bits per heavy atom. The van der Waals surface area contributed by atoms with E-state index in [-0.39, 0.29) is 5.91 Å². The number of thiophene rings is 1. The van der Waals surface area contributed by atoms with E-state index in [1.54, 1.807) is 11.3 Å². The van der Waals surface area contributed by atoms with Gasteiger partial charge in [-0.2, -0.15) is 0 Å². The third-order valence-electron chi connectivity index (χ3n) is 5.03. The molecule has 3 heterocycles. The Labute approximate surface area is 187 Å². The highest BCUT2D eigenvalue weighted by Gasteiger charge is 2.23. The molecule has 0 spiro atoms.